The van der Waals surface area contributed by atoms with E-state index in [1.807, 2.05) is 12.3 Å². The van der Waals surface area contributed by atoms with Gasteiger partial charge in [-0.25, -0.2) is 4.98 Å². The number of nitrogens with one attached hydrogen (secondary N) is 2. The summed E-state index contributed by atoms with van der Waals surface area (Å²) >= 11 is 1.52. The van der Waals surface area contributed by atoms with Crippen LogP contribution in [-0.4, -0.2) is 27.6 Å². The number of hydrogen-bond acceptors (Lipinski definition) is 7. The van der Waals surface area contributed by atoms with E-state index >= 15 is 0 Å². The van der Waals surface area contributed by atoms with Gasteiger partial charge in [-0.05, 0) is 25.8 Å². The highest BCUT2D eigenvalue weighted by Gasteiger charge is 2.25. The van der Waals surface area contributed by atoms with Gasteiger partial charge >= 0.3 is 0 Å². The number of thiazole rings is 1. The molecule has 0 radical (unpaired) electrons. The van der Waals surface area contributed by atoms with Gasteiger partial charge in [-0.3, -0.25) is 4.79 Å². The fourth-order valence-corrected chi connectivity index (χ4v) is 3.10. The second kappa shape index (κ2) is 6.31. The molecule has 2 aromatic heterocycles. The number of nitrogens with zero attached hydrogens (tertiary/aromatic N) is 3. The summed E-state index contributed by atoms with van der Waals surface area (Å²) in [6.45, 7) is 2.94. The first-order valence-corrected chi connectivity index (χ1v) is 7.93. The van der Waals surface area contributed by atoms with E-state index in [0.717, 1.165) is 30.8 Å². The molecule has 8 heteroatoms. The SMILES string of the molecule is CCC(NC(=O)c1noc(C2CCCN2)n1)c1nccs1. The van der Waals surface area contributed by atoms with E-state index in [0.29, 0.717) is 5.89 Å². The van der Waals surface area contributed by atoms with Crippen LogP contribution in [0.3, 0.4) is 0 Å². The van der Waals surface area contributed by atoms with Gasteiger partial charge < -0.3 is 15.2 Å². The normalized spacial score (nSPS) is 19.6. The molecule has 1 amide bonds. The van der Waals surface area contributed by atoms with Gasteiger partial charge in [0, 0.05) is 11.6 Å². The first-order chi connectivity index (χ1) is 10.3. The zero-order valence-electron chi connectivity index (χ0n) is 11.7. The minimum atomic E-state index is -0.329. The van der Waals surface area contributed by atoms with Crippen LogP contribution in [0, 0.1) is 0 Å². The van der Waals surface area contributed by atoms with Crippen LogP contribution in [0.5, 0.6) is 0 Å². The molecular weight excluding hydrogens is 290 g/mol. The van der Waals surface area contributed by atoms with Crippen LogP contribution in [0.4, 0.5) is 0 Å². The summed E-state index contributed by atoms with van der Waals surface area (Å²) in [5, 5.41) is 12.7. The standard InChI is InChI=1S/C13H17N5O2S/c1-2-8(13-15-6-7-21-13)16-11(19)10-17-12(20-18-10)9-4-3-5-14-9/h6-9,14H,2-5H2,1H3,(H,16,19). The van der Waals surface area contributed by atoms with Gasteiger partial charge in [-0.15, -0.1) is 11.3 Å². The topological polar surface area (TPSA) is 92.9 Å². The van der Waals surface area contributed by atoms with Crippen molar-refractivity contribution in [1.29, 1.82) is 0 Å². The lowest BCUT2D eigenvalue weighted by Gasteiger charge is -2.12. The van der Waals surface area contributed by atoms with Crippen LogP contribution < -0.4 is 10.6 Å². The maximum Gasteiger partial charge on any atom is 0.293 e. The summed E-state index contributed by atoms with van der Waals surface area (Å²) in [5.41, 5.74) is 0. The van der Waals surface area contributed by atoms with Crippen LogP contribution in [-0.2, 0) is 0 Å². The highest BCUT2D eigenvalue weighted by Crippen LogP contribution is 2.22. The maximum absolute atomic E-state index is 12.2. The number of carbonyl (C=O) groups excluding carboxylic acids is 1. The Bertz CT molecular complexity index is 591. The largest absolute Gasteiger partial charge is 0.340 e. The van der Waals surface area contributed by atoms with Crippen LogP contribution in [0.2, 0.25) is 0 Å². The van der Waals surface area contributed by atoms with Gasteiger partial charge in [0.1, 0.15) is 5.01 Å². The average molecular weight is 307 g/mol. The van der Waals surface area contributed by atoms with Crippen molar-refractivity contribution >= 4 is 17.2 Å². The fraction of sp³-hybridized carbons (Fsp3) is 0.538. The van der Waals surface area contributed by atoms with E-state index < -0.39 is 0 Å². The number of amides is 1. The molecule has 2 aromatic rings. The maximum atomic E-state index is 12.2. The Labute approximate surface area is 126 Å². The number of carbonyl (C=O) groups is 1. The van der Waals surface area contributed by atoms with Crippen LogP contribution in [0.15, 0.2) is 16.1 Å². The van der Waals surface area contributed by atoms with Gasteiger partial charge in [0.05, 0.1) is 12.1 Å². The van der Waals surface area contributed by atoms with E-state index in [2.05, 4.69) is 25.8 Å². The predicted octanol–water partition coefficient (Wildman–Crippen LogP) is 1.83. The lowest BCUT2D eigenvalue weighted by atomic mass is 10.2. The summed E-state index contributed by atoms with van der Waals surface area (Å²) in [7, 11) is 0. The lowest BCUT2D eigenvalue weighted by molar-refractivity contribution is 0.0922. The molecule has 3 heterocycles. The Kier molecular flexibility index (Phi) is 4.26. The van der Waals surface area contributed by atoms with Crippen molar-refractivity contribution < 1.29 is 9.32 Å². The van der Waals surface area contributed by atoms with Crippen molar-refractivity contribution in [3.63, 3.8) is 0 Å². The monoisotopic (exact) mass is 307 g/mol. The molecule has 0 saturated carbocycles. The Morgan fingerprint density at radius 3 is 3.24 bits per heavy atom. The lowest BCUT2D eigenvalue weighted by Crippen LogP contribution is -2.29. The van der Waals surface area contributed by atoms with Gasteiger partial charge in [-0.1, -0.05) is 12.1 Å². The summed E-state index contributed by atoms with van der Waals surface area (Å²) < 4.78 is 5.18. The van der Waals surface area contributed by atoms with Crippen LogP contribution >= 0.6 is 11.3 Å². The molecule has 0 aromatic carbocycles. The molecule has 3 rings (SSSR count). The van der Waals surface area contributed by atoms with Crippen molar-refractivity contribution in [2.45, 2.75) is 38.3 Å². The first-order valence-electron chi connectivity index (χ1n) is 7.05. The number of rotatable bonds is 5. The molecule has 0 spiro atoms. The van der Waals surface area contributed by atoms with Gasteiger partial charge in [0.2, 0.25) is 5.89 Å². The van der Waals surface area contributed by atoms with Gasteiger partial charge in [-0.2, -0.15) is 4.98 Å². The molecule has 21 heavy (non-hydrogen) atoms. The average Bonchev–Trinajstić information content (AvgIpc) is 3.26. The molecule has 1 saturated heterocycles. The van der Waals surface area contributed by atoms with Gasteiger partial charge in [0.15, 0.2) is 0 Å². The van der Waals surface area contributed by atoms with Crippen molar-refractivity contribution in [1.82, 2.24) is 25.8 Å². The molecule has 0 bridgehead atoms. The second-order valence-corrected chi connectivity index (χ2v) is 5.84. The van der Waals surface area contributed by atoms with Gasteiger partial charge in [0.25, 0.3) is 11.7 Å². The molecule has 1 aliphatic rings. The second-order valence-electron chi connectivity index (χ2n) is 4.91. The smallest absolute Gasteiger partial charge is 0.293 e. The molecule has 2 N–H and O–H groups in total. The molecule has 7 nitrogen and oxygen atoms in total. The Morgan fingerprint density at radius 1 is 1.67 bits per heavy atom. The van der Waals surface area contributed by atoms with Crippen LogP contribution in [0.1, 0.15) is 59.8 Å². The number of aromatic nitrogens is 3. The third-order valence-electron chi connectivity index (χ3n) is 3.47. The van der Waals surface area contributed by atoms with Crippen molar-refractivity contribution in [3.8, 4) is 0 Å². The molecule has 1 aliphatic heterocycles. The third kappa shape index (κ3) is 3.11. The quantitative estimate of drug-likeness (QED) is 0.875. The zero-order chi connectivity index (χ0) is 14.7. The highest BCUT2D eigenvalue weighted by atomic mass is 32.1. The summed E-state index contributed by atoms with van der Waals surface area (Å²) in [4.78, 5) is 20.6. The highest BCUT2D eigenvalue weighted by molar-refractivity contribution is 7.09. The molecule has 112 valence electrons. The van der Waals surface area contributed by atoms with Crippen LogP contribution in [0.25, 0.3) is 0 Å². The Hall–Kier alpha value is -1.80. The predicted molar refractivity (Wildman–Crippen MR) is 76.9 cm³/mol. The number of hydrogen-bond donors (Lipinski definition) is 2. The molecule has 2 atom stereocenters. The molecule has 2 unspecified atom stereocenters. The zero-order valence-corrected chi connectivity index (χ0v) is 12.5. The Balaban J connectivity index is 1.67. The minimum absolute atomic E-state index is 0.0694. The van der Waals surface area contributed by atoms with E-state index in [9.17, 15) is 4.79 Å². The summed E-state index contributed by atoms with van der Waals surface area (Å²) in [6.07, 6.45) is 4.53. The molecular formula is C13H17N5O2S. The Morgan fingerprint density at radius 2 is 2.57 bits per heavy atom. The van der Waals surface area contributed by atoms with E-state index in [1.165, 1.54) is 11.3 Å². The van der Waals surface area contributed by atoms with E-state index in [-0.39, 0.29) is 23.8 Å². The molecule has 1 fully saturated rings. The minimum Gasteiger partial charge on any atom is -0.340 e. The van der Waals surface area contributed by atoms with E-state index in [1.54, 1.807) is 6.20 Å². The van der Waals surface area contributed by atoms with Crippen molar-refractivity contribution in [2.24, 2.45) is 0 Å². The summed E-state index contributed by atoms with van der Waals surface area (Å²) in [6, 6.07) is -0.0518. The van der Waals surface area contributed by atoms with Crippen molar-refractivity contribution in [2.75, 3.05) is 6.54 Å². The molecule has 0 aliphatic carbocycles. The first kappa shape index (κ1) is 14.2. The third-order valence-corrected chi connectivity index (χ3v) is 4.36. The van der Waals surface area contributed by atoms with E-state index in [4.69, 9.17) is 4.52 Å². The summed E-state index contributed by atoms with van der Waals surface area (Å²) in [5.74, 6) is 0.235. The fourth-order valence-electron chi connectivity index (χ4n) is 2.33. The van der Waals surface area contributed by atoms with Crippen molar-refractivity contribution in [3.05, 3.63) is 28.3 Å².